The molecule has 11 heteroatoms. The highest BCUT2D eigenvalue weighted by Gasteiger charge is 2.32. The molecular weight excluding hydrogens is 455 g/mol. The van der Waals surface area contributed by atoms with E-state index in [9.17, 15) is 23.1 Å². The summed E-state index contributed by atoms with van der Waals surface area (Å²) in [5.74, 6) is -0.290. The lowest BCUT2D eigenvalue weighted by Gasteiger charge is -2.13. The van der Waals surface area contributed by atoms with Crippen molar-refractivity contribution in [3.63, 3.8) is 0 Å². The summed E-state index contributed by atoms with van der Waals surface area (Å²) < 4.78 is 38.7. The number of benzene rings is 1. The number of aryl methyl sites for hydroxylation is 2. The zero-order valence-electron chi connectivity index (χ0n) is 18.1. The van der Waals surface area contributed by atoms with Crippen LogP contribution >= 0.6 is 11.3 Å². The van der Waals surface area contributed by atoms with E-state index in [1.54, 1.807) is 18.3 Å². The number of aromatic nitrogens is 3. The first-order valence-corrected chi connectivity index (χ1v) is 11.1. The molecule has 0 spiro atoms. The number of hydrogen-bond acceptors (Lipinski definition) is 7. The van der Waals surface area contributed by atoms with Gasteiger partial charge in [-0.25, -0.2) is 15.0 Å². The Kier molecular flexibility index (Phi) is 7.98. The summed E-state index contributed by atoms with van der Waals surface area (Å²) in [6.45, 7) is 3.66. The Morgan fingerprint density at radius 2 is 2.03 bits per heavy atom. The van der Waals surface area contributed by atoms with E-state index in [1.807, 2.05) is 19.9 Å². The Bertz CT molecular complexity index is 1100. The average molecular weight is 480 g/mol. The van der Waals surface area contributed by atoms with Gasteiger partial charge in [-0.2, -0.15) is 13.2 Å². The van der Waals surface area contributed by atoms with Crippen LogP contribution in [0.15, 0.2) is 36.7 Å². The van der Waals surface area contributed by atoms with Crippen LogP contribution < -0.4 is 10.6 Å². The van der Waals surface area contributed by atoms with Crippen LogP contribution in [0.25, 0.3) is 10.4 Å². The molecule has 1 unspecified atom stereocenters. The quantitative estimate of drug-likeness (QED) is 0.418. The number of amides is 1. The number of aliphatic hydroxyl groups is 1. The lowest BCUT2D eigenvalue weighted by molar-refractivity contribution is -0.141. The number of rotatable bonds is 9. The second kappa shape index (κ2) is 10.7. The second-order valence-corrected chi connectivity index (χ2v) is 8.56. The maximum Gasteiger partial charge on any atom is 0.433 e. The predicted octanol–water partition coefficient (Wildman–Crippen LogP) is 4.49. The third kappa shape index (κ3) is 6.96. The van der Waals surface area contributed by atoms with Gasteiger partial charge < -0.3 is 15.7 Å². The van der Waals surface area contributed by atoms with E-state index < -0.39 is 11.9 Å². The number of halogens is 3. The molecule has 1 amide bonds. The molecule has 7 nitrogen and oxygen atoms in total. The summed E-state index contributed by atoms with van der Waals surface area (Å²) in [5.41, 5.74) is 1.26. The average Bonchev–Trinajstić information content (AvgIpc) is 3.24. The molecule has 0 aliphatic rings. The number of thiazole rings is 1. The Hall–Kier alpha value is -3.05. The van der Waals surface area contributed by atoms with Crippen LogP contribution in [0.5, 0.6) is 0 Å². The monoisotopic (exact) mass is 479 g/mol. The molecule has 1 atom stereocenters. The fourth-order valence-electron chi connectivity index (χ4n) is 3.06. The summed E-state index contributed by atoms with van der Waals surface area (Å²) >= 11 is 1.44. The zero-order valence-corrected chi connectivity index (χ0v) is 18.9. The van der Waals surface area contributed by atoms with E-state index in [4.69, 9.17) is 0 Å². The van der Waals surface area contributed by atoms with Gasteiger partial charge in [-0.05, 0) is 42.7 Å². The molecule has 0 aliphatic carbocycles. The van der Waals surface area contributed by atoms with E-state index in [1.165, 1.54) is 11.3 Å². The molecule has 0 saturated heterocycles. The predicted molar refractivity (Wildman–Crippen MR) is 120 cm³/mol. The molecule has 3 N–H and O–H groups in total. The number of nitrogens with one attached hydrogen (secondary N) is 2. The van der Waals surface area contributed by atoms with Crippen LogP contribution in [0.4, 0.5) is 24.8 Å². The number of alkyl halides is 3. The van der Waals surface area contributed by atoms with E-state index in [-0.39, 0.29) is 30.9 Å². The van der Waals surface area contributed by atoms with Crippen LogP contribution in [0.2, 0.25) is 0 Å². The molecular formula is C22H24F3N5O2S. The SMILES string of the molecule is CCC(CO)NC(=O)CCc1ncc(-c2cc(C)cc(Nc3nccc(C(F)(F)F)n3)c2)s1. The summed E-state index contributed by atoms with van der Waals surface area (Å²) in [6, 6.07) is 6.08. The van der Waals surface area contributed by atoms with Crippen molar-refractivity contribution < 1.29 is 23.1 Å². The van der Waals surface area contributed by atoms with E-state index >= 15 is 0 Å². The maximum atomic E-state index is 12.9. The highest BCUT2D eigenvalue weighted by molar-refractivity contribution is 7.15. The lowest BCUT2D eigenvalue weighted by atomic mass is 10.1. The first-order chi connectivity index (χ1) is 15.7. The van der Waals surface area contributed by atoms with Gasteiger partial charge in [-0.15, -0.1) is 11.3 Å². The Balaban J connectivity index is 1.70. The molecule has 1 aromatic carbocycles. The highest BCUT2D eigenvalue weighted by Crippen LogP contribution is 2.31. The lowest BCUT2D eigenvalue weighted by Crippen LogP contribution is -2.36. The molecule has 0 bridgehead atoms. The number of hydrogen-bond donors (Lipinski definition) is 3. The van der Waals surface area contributed by atoms with E-state index in [0.29, 0.717) is 18.5 Å². The summed E-state index contributed by atoms with van der Waals surface area (Å²) in [7, 11) is 0. The Morgan fingerprint density at radius 3 is 2.73 bits per heavy atom. The van der Waals surface area contributed by atoms with Gasteiger partial charge in [-0.3, -0.25) is 4.79 Å². The van der Waals surface area contributed by atoms with Crippen molar-refractivity contribution in [1.29, 1.82) is 0 Å². The molecule has 176 valence electrons. The van der Waals surface area contributed by atoms with Gasteiger partial charge in [0.2, 0.25) is 11.9 Å². The molecule has 0 radical (unpaired) electrons. The summed E-state index contributed by atoms with van der Waals surface area (Å²) in [6.07, 6.45) is -0.407. The van der Waals surface area contributed by atoms with Gasteiger partial charge in [0, 0.05) is 30.9 Å². The van der Waals surface area contributed by atoms with E-state index in [0.717, 1.165) is 33.3 Å². The summed E-state index contributed by atoms with van der Waals surface area (Å²) in [5, 5.41) is 15.6. The zero-order chi connectivity index (χ0) is 24.0. The normalized spacial score (nSPS) is 12.4. The van der Waals surface area contributed by atoms with Crippen molar-refractivity contribution in [1.82, 2.24) is 20.3 Å². The molecule has 0 saturated carbocycles. The van der Waals surface area contributed by atoms with Crippen LogP contribution in [0, 0.1) is 6.92 Å². The maximum absolute atomic E-state index is 12.9. The topological polar surface area (TPSA) is 100 Å². The Labute approximate surface area is 193 Å². The molecule has 0 fully saturated rings. The van der Waals surface area contributed by atoms with Crippen LogP contribution in [0.3, 0.4) is 0 Å². The van der Waals surface area contributed by atoms with Crippen molar-refractivity contribution in [2.45, 2.75) is 45.3 Å². The molecule has 0 aliphatic heterocycles. The largest absolute Gasteiger partial charge is 0.433 e. The van der Waals surface area contributed by atoms with Gasteiger partial charge in [-0.1, -0.05) is 13.0 Å². The van der Waals surface area contributed by atoms with Crippen LogP contribution in [-0.4, -0.2) is 38.6 Å². The number of aliphatic hydroxyl groups excluding tert-OH is 1. The molecule has 33 heavy (non-hydrogen) atoms. The first kappa shape index (κ1) is 24.6. The number of nitrogens with zero attached hydrogens (tertiary/aromatic N) is 3. The first-order valence-electron chi connectivity index (χ1n) is 10.3. The molecule has 3 aromatic rings. The van der Waals surface area contributed by atoms with Crippen molar-refractivity contribution in [3.8, 4) is 10.4 Å². The van der Waals surface area contributed by atoms with Gasteiger partial charge in [0.1, 0.15) is 5.69 Å². The summed E-state index contributed by atoms with van der Waals surface area (Å²) in [4.78, 5) is 24.7. The standard InChI is InChI=1S/C22H24F3N5O2S/c1-3-15(12-31)28-19(32)4-5-20-27-11-17(33-20)14-8-13(2)9-16(10-14)29-21-26-7-6-18(30-21)22(23,24)25/h6-11,15,31H,3-5,12H2,1-2H3,(H,28,32)(H,26,29,30). The van der Waals surface area contributed by atoms with Crippen LogP contribution in [0.1, 0.15) is 36.0 Å². The fraction of sp³-hybridized carbons (Fsp3) is 0.364. The van der Waals surface area contributed by atoms with Crippen molar-refractivity contribution >= 4 is 28.9 Å². The van der Waals surface area contributed by atoms with Gasteiger partial charge in [0.05, 0.1) is 22.5 Å². The third-order valence-corrected chi connectivity index (χ3v) is 5.87. The highest BCUT2D eigenvalue weighted by atomic mass is 32.1. The molecule has 2 heterocycles. The minimum Gasteiger partial charge on any atom is -0.394 e. The number of carbonyl (C=O) groups excluding carboxylic acids is 1. The van der Waals surface area contributed by atoms with Crippen molar-refractivity contribution in [3.05, 3.63) is 52.9 Å². The Morgan fingerprint density at radius 1 is 1.24 bits per heavy atom. The number of carbonyl (C=O) groups is 1. The minimum absolute atomic E-state index is 0.0983. The third-order valence-electron chi connectivity index (χ3n) is 4.76. The van der Waals surface area contributed by atoms with Gasteiger partial charge in [0.15, 0.2) is 0 Å². The number of anilines is 2. The van der Waals surface area contributed by atoms with Crippen molar-refractivity contribution in [2.24, 2.45) is 0 Å². The molecule has 3 rings (SSSR count). The molecule has 2 aromatic heterocycles. The van der Waals surface area contributed by atoms with Crippen LogP contribution in [-0.2, 0) is 17.4 Å². The second-order valence-electron chi connectivity index (χ2n) is 7.45. The van der Waals surface area contributed by atoms with Gasteiger partial charge >= 0.3 is 6.18 Å². The van der Waals surface area contributed by atoms with Crippen molar-refractivity contribution in [2.75, 3.05) is 11.9 Å². The fourth-order valence-corrected chi connectivity index (χ4v) is 3.96. The smallest absolute Gasteiger partial charge is 0.394 e. The van der Waals surface area contributed by atoms with Gasteiger partial charge in [0.25, 0.3) is 0 Å². The van der Waals surface area contributed by atoms with E-state index in [2.05, 4.69) is 25.6 Å². The minimum atomic E-state index is -4.55.